The molecule has 0 unspecified atom stereocenters. The highest BCUT2D eigenvalue weighted by Gasteiger charge is 2.06. The minimum atomic E-state index is 0.485. The van der Waals surface area contributed by atoms with Crippen LogP contribution in [-0.4, -0.2) is 26.4 Å². The molecule has 0 aromatic heterocycles. The van der Waals surface area contributed by atoms with Crippen LogP contribution in [0.4, 0.5) is 0 Å². The van der Waals surface area contributed by atoms with Crippen molar-refractivity contribution in [3.63, 3.8) is 0 Å². The largest absolute Gasteiger partial charge is 0.385 e. The molecular formula is C13H28O2. The van der Waals surface area contributed by atoms with E-state index in [2.05, 4.69) is 13.8 Å². The zero-order valence-corrected chi connectivity index (χ0v) is 10.8. The molecule has 0 amide bonds. The first-order valence-electron chi connectivity index (χ1n) is 6.45. The van der Waals surface area contributed by atoms with E-state index in [0.29, 0.717) is 6.10 Å². The summed E-state index contributed by atoms with van der Waals surface area (Å²) >= 11 is 0. The van der Waals surface area contributed by atoms with E-state index in [9.17, 15) is 0 Å². The summed E-state index contributed by atoms with van der Waals surface area (Å²) < 4.78 is 10.9. The van der Waals surface area contributed by atoms with Crippen LogP contribution in [0.5, 0.6) is 0 Å². The maximum atomic E-state index is 5.85. The summed E-state index contributed by atoms with van der Waals surface area (Å²) in [5, 5.41) is 0. The molecule has 92 valence electrons. The van der Waals surface area contributed by atoms with Gasteiger partial charge in [-0.25, -0.2) is 0 Å². The molecule has 0 fully saturated rings. The zero-order chi connectivity index (χ0) is 11.4. The van der Waals surface area contributed by atoms with Crippen molar-refractivity contribution < 1.29 is 9.47 Å². The van der Waals surface area contributed by atoms with Gasteiger partial charge in [0.15, 0.2) is 0 Å². The molecule has 0 aliphatic rings. The summed E-state index contributed by atoms with van der Waals surface area (Å²) in [6, 6.07) is 0. The van der Waals surface area contributed by atoms with Crippen LogP contribution < -0.4 is 0 Å². The Hall–Kier alpha value is -0.0800. The first-order valence-corrected chi connectivity index (χ1v) is 6.45. The third kappa shape index (κ3) is 10.2. The second-order valence-electron chi connectivity index (χ2n) is 4.12. The predicted octanol–water partition coefficient (Wildman–Crippen LogP) is 3.79. The van der Waals surface area contributed by atoms with Crippen molar-refractivity contribution in [1.82, 2.24) is 0 Å². The lowest BCUT2D eigenvalue weighted by Crippen LogP contribution is -2.14. The molecule has 0 radical (unpaired) electrons. The lowest BCUT2D eigenvalue weighted by atomic mass is 10.1. The lowest BCUT2D eigenvalue weighted by Gasteiger charge is -2.16. The molecule has 0 aromatic rings. The molecule has 0 heterocycles. The Morgan fingerprint density at radius 2 is 1.67 bits per heavy atom. The summed E-state index contributed by atoms with van der Waals surface area (Å²) in [4.78, 5) is 0. The standard InChI is InChI=1S/C13H28O2/c1-4-6-7-10-13(9-5-2)15-12-8-11-14-3/h13H,4-12H2,1-3H3/t13-/m0/s1. The second-order valence-corrected chi connectivity index (χ2v) is 4.12. The molecule has 0 aliphatic heterocycles. The van der Waals surface area contributed by atoms with Gasteiger partial charge in [-0.05, 0) is 19.3 Å². The van der Waals surface area contributed by atoms with E-state index < -0.39 is 0 Å². The molecule has 2 nitrogen and oxygen atoms in total. The van der Waals surface area contributed by atoms with Gasteiger partial charge in [-0.1, -0.05) is 39.5 Å². The van der Waals surface area contributed by atoms with E-state index in [1.807, 2.05) is 0 Å². The maximum absolute atomic E-state index is 5.85. The average molecular weight is 216 g/mol. The topological polar surface area (TPSA) is 18.5 Å². The van der Waals surface area contributed by atoms with Crippen LogP contribution in [0.2, 0.25) is 0 Å². The minimum absolute atomic E-state index is 0.485. The van der Waals surface area contributed by atoms with Crippen LogP contribution in [0.25, 0.3) is 0 Å². The second kappa shape index (κ2) is 12.0. The Bertz CT molecular complexity index is 115. The van der Waals surface area contributed by atoms with E-state index in [1.54, 1.807) is 7.11 Å². The van der Waals surface area contributed by atoms with Gasteiger partial charge in [0.05, 0.1) is 6.10 Å². The van der Waals surface area contributed by atoms with Crippen LogP contribution in [0.1, 0.15) is 58.8 Å². The molecule has 0 bridgehead atoms. The summed E-state index contributed by atoms with van der Waals surface area (Å²) in [5.74, 6) is 0. The van der Waals surface area contributed by atoms with Gasteiger partial charge in [0.1, 0.15) is 0 Å². The summed E-state index contributed by atoms with van der Waals surface area (Å²) in [5.41, 5.74) is 0. The van der Waals surface area contributed by atoms with Crippen molar-refractivity contribution in [3.8, 4) is 0 Å². The molecule has 0 spiro atoms. The van der Waals surface area contributed by atoms with Gasteiger partial charge >= 0.3 is 0 Å². The van der Waals surface area contributed by atoms with Crippen LogP contribution >= 0.6 is 0 Å². The third-order valence-corrected chi connectivity index (χ3v) is 2.59. The Balaban J connectivity index is 3.44. The van der Waals surface area contributed by atoms with Crippen LogP contribution in [0.15, 0.2) is 0 Å². The number of unbranched alkanes of at least 4 members (excludes halogenated alkanes) is 2. The molecule has 0 aliphatic carbocycles. The fourth-order valence-corrected chi connectivity index (χ4v) is 1.71. The van der Waals surface area contributed by atoms with E-state index >= 15 is 0 Å². The van der Waals surface area contributed by atoms with Gasteiger partial charge in [-0.15, -0.1) is 0 Å². The van der Waals surface area contributed by atoms with Gasteiger partial charge in [-0.3, -0.25) is 0 Å². The van der Waals surface area contributed by atoms with Crippen molar-refractivity contribution >= 4 is 0 Å². The number of ether oxygens (including phenoxy) is 2. The Kier molecular flexibility index (Phi) is 11.9. The smallest absolute Gasteiger partial charge is 0.0575 e. The van der Waals surface area contributed by atoms with Crippen LogP contribution in [0, 0.1) is 0 Å². The lowest BCUT2D eigenvalue weighted by molar-refractivity contribution is 0.0278. The molecule has 0 N–H and O–H groups in total. The normalized spacial score (nSPS) is 13.0. The fraction of sp³-hybridized carbons (Fsp3) is 1.00. The number of methoxy groups -OCH3 is 1. The molecule has 0 rings (SSSR count). The maximum Gasteiger partial charge on any atom is 0.0575 e. The van der Waals surface area contributed by atoms with Gasteiger partial charge in [-0.2, -0.15) is 0 Å². The average Bonchev–Trinajstić information content (AvgIpc) is 2.24. The molecule has 15 heavy (non-hydrogen) atoms. The van der Waals surface area contributed by atoms with Crippen LogP contribution in [0.3, 0.4) is 0 Å². The first kappa shape index (κ1) is 14.9. The summed E-state index contributed by atoms with van der Waals surface area (Å²) in [7, 11) is 1.74. The highest BCUT2D eigenvalue weighted by atomic mass is 16.5. The van der Waals surface area contributed by atoms with Crippen molar-refractivity contribution in [2.24, 2.45) is 0 Å². The monoisotopic (exact) mass is 216 g/mol. The number of rotatable bonds is 11. The third-order valence-electron chi connectivity index (χ3n) is 2.59. The SMILES string of the molecule is CCCCC[C@H](CCC)OCCCOC. The Morgan fingerprint density at radius 3 is 2.27 bits per heavy atom. The van der Waals surface area contributed by atoms with Crippen LogP contribution in [-0.2, 0) is 9.47 Å². The minimum Gasteiger partial charge on any atom is -0.385 e. The number of hydrogen-bond donors (Lipinski definition) is 0. The molecule has 0 saturated heterocycles. The molecule has 1 atom stereocenters. The first-order chi connectivity index (χ1) is 7.35. The Labute approximate surface area is 95.3 Å². The fourth-order valence-electron chi connectivity index (χ4n) is 1.71. The Morgan fingerprint density at radius 1 is 0.867 bits per heavy atom. The molecular weight excluding hydrogens is 188 g/mol. The predicted molar refractivity (Wildman–Crippen MR) is 65.3 cm³/mol. The van der Waals surface area contributed by atoms with Crippen molar-refractivity contribution in [3.05, 3.63) is 0 Å². The molecule has 0 saturated carbocycles. The van der Waals surface area contributed by atoms with Gasteiger partial charge in [0.2, 0.25) is 0 Å². The van der Waals surface area contributed by atoms with E-state index in [4.69, 9.17) is 9.47 Å². The van der Waals surface area contributed by atoms with Crippen molar-refractivity contribution in [2.75, 3.05) is 20.3 Å². The van der Waals surface area contributed by atoms with Crippen molar-refractivity contribution in [2.45, 2.75) is 64.9 Å². The van der Waals surface area contributed by atoms with Gasteiger partial charge in [0, 0.05) is 20.3 Å². The summed E-state index contributed by atoms with van der Waals surface area (Å²) in [6.45, 7) is 6.14. The molecule has 2 heteroatoms. The van der Waals surface area contributed by atoms with Gasteiger partial charge in [0.25, 0.3) is 0 Å². The quantitative estimate of drug-likeness (QED) is 0.489. The van der Waals surface area contributed by atoms with Crippen molar-refractivity contribution in [1.29, 1.82) is 0 Å². The number of hydrogen-bond acceptors (Lipinski definition) is 2. The highest BCUT2D eigenvalue weighted by molar-refractivity contribution is 4.58. The van der Waals surface area contributed by atoms with Gasteiger partial charge < -0.3 is 9.47 Å². The van der Waals surface area contributed by atoms with E-state index in [1.165, 1.54) is 38.5 Å². The van der Waals surface area contributed by atoms with E-state index in [-0.39, 0.29) is 0 Å². The highest BCUT2D eigenvalue weighted by Crippen LogP contribution is 2.12. The van der Waals surface area contributed by atoms with E-state index in [0.717, 1.165) is 19.6 Å². The molecule has 0 aromatic carbocycles. The zero-order valence-electron chi connectivity index (χ0n) is 10.8. The summed E-state index contributed by atoms with van der Waals surface area (Å²) in [6.07, 6.45) is 9.10.